The van der Waals surface area contributed by atoms with Crippen LogP contribution in [0.15, 0.2) is 41.3 Å². The number of ether oxygens (including phenoxy) is 2. The van der Waals surface area contributed by atoms with Gasteiger partial charge in [0.2, 0.25) is 0 Å². The van der Waals surface area contributed by atoms with Crippen molar-refractivity contribution in [3.05, 3.63) is 36.4 Å². The number of hydrogen-bond acceptors (Lipinski definition) is 6. The molecule has 3 rings (SSSR count). The van der Waals surface area contributed by atoms with Crippen LogP contribution in [-0.4, -0.2) is 42.7 Å². The lowest BCUT2D eigenvalue weighted by Gasteiger charge is -2.09. The number of carbonyl (C=O) groups excluding carboxylic acids is 1. The number of fused-ring (bicyclic) bond motifs is 1. The van der Waals surface area contributed by atoms with E-state index in [0.717, 1.165) is 5.39 Å². The lowest BCUT2D eigenvalue weighted by Crippen LogP contribution is -2.21. The van der Waals surface area contributed by atoms with Crippen LogP contribution in [0.1, 0.15) is 19.8 Å². The molecule has 0 atom stereocenters. The van der Waals surface area contributed by atoms with E-state index < -0.39 is 21.8 Å². The van der Waals surface area contributed by atoms with Gasteiger partial charge in [-0.15, -0.1) is 0 Å². The third-order valence-corrected chi connectivity index (χ3v) is 7.03. The fourth-order valence-electron chi connectivity index (χ4n) is 2.70. The largest absolute Gasteiger partial charge is 0.741 e. The van der Waals surface area contributed by atoms with Crippen molar-refractivity contribution in [1.82, 2.24) is 0 Å². The predicted octanol–water partition coefficient (Wildman–Crippen LogP) is 4.20. The maximum atomic E-state index is 11.6. The van der Waals surface area contributed by atoms with Gasteiger partial charge >= 0.3 is 11.7 Å². The first kappa shape index (κ1) is 23.3. The zero-order valence-electron chi connectivity index (χ0n) is 15.4. The molecule has 0 spiro atoms. The molecule has 1 fully saturated rings. The van der Waals surface area contributed by atoms with Crippen LogP contribution >= 0.6 is 0 Å². The molecule has 1 saturated heterocycles. The number of halogens is 3. The summed E-state index contributed by atoms with van der Waals surface area (Å²) in [5, 5.41) is 2.19. The summed E-state index contributed by atoms with van der Waals surface area (Å²) in [6, 6.07) is 12.2. The van der Waals surface area contributed by atoms with Crippen LogP contribution in [0.25, 0.3) is 10.8 Å². The van der Waals surface area contributed by atoms with Gasteiger partial charge in [0.25, 0.3) is 0 Å². The monoisotopic (exact) mass is 452 g/mol. The van der Waals surface area contributed by atoms with Gasteiger partial charge < -0.3 is 14.0 Å². The van der Waals surface area contributed by atoms with Crippen molar-refractivity contribution in [3.63, 3.8) is 0 Å². The van der Waals surface area contributed by atoms with Gasteiger partial charge in [0, 0.05) is 21.7 Å². The molecule has 2 aromatic carbocycles. The summed E-state index contributed by atoms with van der Waals surface area (Å²) in [5.74, 6) is 3.14. The Morgan fingerprint density at radius 2 is 1.66 bits per heavy atom. The second-order valence-corrected chi connectivity index (χ2v) is 9.51. The van der Waals surface area contributed by atoms with Crippen LogP contribution in [0.3, 0.4) is 0 Å². The first-order valence-electron chi connectivity index (χ1n) is 8.60. The van der Waals surface area contributed by atoms with Gasteiger partial charge in [0.15, 0.2) is 15.0 Å². The predicted molar refractivity (Wildman–Crippen MR) is 102 cm³/mol. The Hall–Kier alpha value is -1.98. The van der Waals surface area contributed by atoms with Crippen molar-refractivity contribution in [1.29, 1.82) is 0 Å². The molecule has 0 aliphatic carbocycles. The van der Waals surface area contributed by atoms with Gasteiger partial charge in [0.1, 0.15) is 17.3 Å². The van der Waals surface area contributed by atoms with E-state index in [4.69, 9.17) is 22.4 Å². The van der Waals surface area contributed by atoms with Crippen molar-refractivity contribution >= 4 is 37.9 Å². The van der Waals surface area contributed by atoms with Gasteiger partial charge in [-0.2, -0.15) is 13.2 Å². The third kappa shape index (κ3) is 6.25. The highest BCUT2D eigenvalue weighted by Crippen LogP contribution is 2.34. The Labute approximate surface area is 169 Å². The molecule has 0 N–H and O–H groups in total. The maximum Gasteiger partial charge on any atom is 0.513 e. The smallest absolute Gasteiger partial charge is 0.513 e. The van der Waals surface area contributed by atoms with E-state index in [1.54, 1.807) is 6.92 Å². The molecule has 1 heterocycles. The number of carbonyl (C=O) groups is 1. The van der Waals surface area contributed by atoms with Gasteiger partial charge in [-0.3, -0.25) is 0 Å². The lowest BCUT2D eigenvalue weighted by molar-refractivity contribution is -0.0517. The molecule has 0 saturated carbocycles. The summed E-state index contributed by atoms with van der Waals surface area (Å²) in [7, 11) is -5.75. The Balaban J connectivity index is 0.000000321. The number of hydrogen-bond donors (Lipinski definition) is 0. The molecule has 160 valence electrons. The SMILES string of the molecule is CCOC(=O)Oc1cccc2c([S+]3CCCC3)cccc12.O=S(=O)([O-])C(F)(F)F. The van der Waals surface area contributed by atoms with Crippen LogP contribution in [0, 0.1) is 0 Å². The molecular weight excluding hydrogens is 433 g/mol. The topological polar surface area (TPSA) is 92.7 Å². The highest BCUT2D eigenvalue weighted by atomic mass is 32.2. The standard InChI is InChI=1S/C17H19O3S.CHF3O3S/c1-2-19-17(18)20-15-9-5-8-14-13(15)7-6-10-16(14)21-11-3-4-12-21;2-1(3,4)8(5,6)7/h5-10H,2-4,11-12H2,1H3;(H,5,6,7)/q+1;/p-1. The van der Waals surface area contributed by atoms with Crippen LogP contribution in [-0.2, 0) is 25.7 Å². The quantitative estimate of drug-likeness (QED) is 0.228. The van der Waals surface area contributed by atoms with Crippen molar-refractivity contribution in [2.75, 3.05) is 18.1 Å². The molecule has 0 amide bonds. The highest BCUT2D eigenvalue weighted by molar-refractivity contribution is 7.97. The summed E-state index contributed by atoms with van der Waals surface area (Å²) in [6.45, 7) is 2.09. The Morgan fingerprint density at radius 1 is 1.10 bits per heavy atom. The van der Waals surface area contributed by atoms with Crippen molar-refractivity contribution in [2.24, 2.45) is 0 Å². The van der Waals surface area contributed by atoms with E-state index in [-0.39, 0.29) is 0 Å². The minimum Gasteiger partial charge on any atom is -0.741 e. The Kier molecular flexibility index (Phi) is 7.78. The zero-order chi connectivity index (χ0) is 21.7. The van der Waals surface area contributed by atoms with E-state index >= 15 is 0 Å². The summed E-state index contributed by atoms with van der Waals surface area (Å²) in [6.07, 6.45) is 2.00. The molecule has 11 heteroatoms. The Bertz CT molecular complexity index is 954. The van der Waals surface area contributed by atoms with E-state index in [9.17, 15) is 18.0 Å². The van der Waals surface area contributed by atoms with Gasteiger partial charge in [-0.1, -0.05) is 18.2 Å². The molecule has 0 radical (unpaired) electrons. The van der Waals surface area contributed by atoms with Crippen LogP contribution in [0.4, 0.5) is 18.0 Å². The first-order valence-corrected chi connectivity index (χ1v) is 11.6. The molecule has 1 aliphatic heterocycles. The van der Waals surface area contributed by atoms with E-state index in [1.807, 2.05) is 18.2 Å². The minimum absolute atomic E-state index is 0.318. The second-order valence-electron chi connectivity index (χ2n) is 5.90. The van der Waals surface area contributed by atoms with Crippen LogP contribution in [0.2, 0.25) is 0 Å². The summed E-state index contributed by atoms with van der Waals surface area (Å²) in [5.41, 5.74) is -5.65. The fraction of sp³-hybridized carbons (Fsp3) is 0.389. The maximum absolute atomic E-state index is 11.6. The van der Waals surface area contributed by atoms with Gasteiger partial charge in [-0.05, 0) is 38.0 Å². The first-order chi connectivity index (χ1) is 13.5. The number of alkyl halides is 3. The average molecular weight is 452 g/mol. The molecule has 1 aliphatic rings. The zero-order valence-corrected chi connectivity index (χ0v) is 17.0. The van der Waals surface area contributed by atoms with E-state index in [2.05, 4.69) is 18.2 Å². The molecule has 29 heavy (non-hydrogen) atoms. The van der Waals surface area contributed by atoms with Crippen molar-refractivity contribution in [2.45, 2.75) is 30.2 Å². The highest BCUT2D eigenvalue weighted by Gasteiger charge is 2.37. The van der Waals surface area contributed by atoms with Crippen molar-refractivity contribution < 1.29 is 40.4 Å². The van der Waals surface area contributed by atoms with Crippen LogP contribution in [0.5, 0.6) is 5.75 Å². The van der Waals surface area contributed by atoms with Crippen molar-refractivity contribution in [3.8, 4) is 5.75 Å². The normalized spacial score (nSPS) is 14.9. The Morgan fingerprint density at radius 3 is 2.21 bits per heavy atom. The molecule has 0 bridgehead atoms. The molecule has 0 aromatic heterocycles. The van der Waals surface area contributed by atoms with E-state index in [1.165, 1.54) is 34.6 Å². The molecule has 2 aromatic rings. The second kappa shape index (κ2) is 9.68. The number of benzene rings is 2. The van der Waals surface area contributed by atoms with Gasteiger partial charge in [-0.25, -0.2) is 13.2 Å². The summed E-state index contributed by atoms with van der Waals surface area (Å²) in [4.78, 5) is 13.0. The number of rotatable bonds is 3. The lowest BCUT2D eigenvalue weighted by atomic mass is 10.1. The summed E-state index contributed by atoms with van der Waals surface area (Å²) >= 11 is 0. The molecular formula is C18H19F3O6S2. The third-order valence-electron chi connectivity index (χ3n) is 3.92. The molecule has 0 unspecified atom stereocenters. The fourth-order valence-corrected chi connectivity index (χ4v) is 5.21. The summed E-state index contributed by atoms with van der Waals surface area (Å²) < 4.78 is 69.1. The van der Waals surface area contributed by atoms with Crippen LogP contribution < -0.4 is 4.74 Å². The minimum atomic E-state index is -6.09. The molecule has 6 nitrogen and oxygen atoms in total. The van der Waals surface area contributed by atoms with E-state index in [0.29, 0.717) is 23.3 Å². The average Bonchev–Trinajstić information content (AvgIpc) is 3.15. The van der Waals surface area contributed by atoms with Gasteiger partial charge in [0.05, 0.1) is 6.61 Å².